The molecule has 4 aromatic rings. The second kappa shape index (κ2) is 11.5. The molecule has 8 nitrogen and oxygen atoms in total. The van der Waals surface area contributed by atoms with Gasteiger partial charge < -0.3 is 19.5 Å². The number of fused-ring (bicyclic) bond motifs is 5. The van der Waals surface area contributed by atoms with Crippen LogP contribution in [0.25, 0.3) is 28.2 Å². The van der Waals surface area contributed by atoms with Gasteiger partial charge in [0.15, 0.2) is 0 Å². The molecule has 1 aliphatic carbocycles. The molecule has 2 aliphatic heterocycles. The zero-order chi connectivity index (χ0) is 29.5. The molecular formula is C35H39N5O3. The van der Waals surface area contributed by atoms with Crippen molar-refractivity contribution in [3.8, 4) is 11.3 Å². The molecular weight excluding hydrogens is 538 g/mol. The first-order chi connectivity index (χ1) is 21.0. The Balaban J connectivity index is 1.34. The maximum Gasteiger partial charge on any atom is 0.251 e. The highest BCUT2D eigenvalue weighted by Gasteiger charge is 2.31. The summed E-state index contributed by atoms with van der Waals surface area (Å²) in [5.41, 5.74) is 9.05. The van der Waals surface area contributed by atoms with Crippen LogP contribution in [-0.2, 0) is 29.7 Å². The molecule has 1 saturated heterocycles. The Bertz CT molecular complexity index is 1710. The highest BCUT2D eigenvalue weighted by atomic mass is 16.5. The molecule has 2 aromatic heterocycles. The van der Waals surface area contributed by atoms with Crippen LogP contribution in [0.5, 0.6) is 0 Å². The Morgan fingerprint density at radius 2 is 1.81 bits per heavy atom. The van der Waals surface area contributed by atoms with Gasteiger partial charge in [-0.1, -0.05) is 49.6 Å². The van der Waals surface area contributed by atoms with Crippen LogP contribution in [-0.4, -0.2) is 57.4 Å². The van der Waals surface area contributed by atoms with Gasteiger partial charge in [-0.05, 0) is 61.1 Å². The molecule has 0 bridgehead atoms. The van der Waals surface area contributed by atoms with Crippen molar-refractivity contribution in [2.45, 2.75) is 58.0 Å². The van der Waals surface area contributed by atoms with E-state index in [-0.39, 0.29) is 11.8 Å². The number of hydrogen-bond donors (Lipinski definition) is 1. The van der Waals surface area contributed by atoms with Crippen molar-refractivity contribution < 1.29 is 14.3 Å². The lowest BCUT2D eigenvalue weighted by Gasteiger charge is -2.28. The van der Waals surface area contributed by atoms with Crippen LogP contribution < -0.4 is 5.32 Å². The van der Waals surface area contributed by atoms with Crippen molar-refractivity contribution in [2.75, 3.05) is 26.3 Å². The lowest BCUT2D eigenvalue weighted by molar-refractivity contribution is -0.131. The van der Waals surface area contributed by atoms with E-state index in [2.05, 4.69) is 51.4 Å². The number of nitrogens with one attached hydrogen (secondary N) is 1. The van der Waals surface area contributed by atoms with Gasteiger partial charge in [0.2, 0.25) is 0 Å². The average Bonchev–Trinajstić information content (AvgIpc) is 3.48. The van der Waals surface area contributed by atoms with Crippen LogP contribution in [0.1, 0.15) is 70.9 Å². The Labute approximate surface area is 252 Å². The monoisotopic (exact) mass is 577 g/mol. The van der Waals surface area contributed by atoms with Gasteiger partial charge in [-0.3, -0.25) is 14.3 Å². The van der Waals surface area contributed by atoms with Gasteiger partial charge in [0.05, 0.1) is 37.7 Å². The average molecular weight is 578 g/mol. The van der Waals surface area contributed by atoms with Crippen molar-refractivity contribution in [1.82, 2.24) is 24.6 Å². The lowest BCUT2D eigenvalue weighted by atomic mass is 9.81. The summed E-state index contributed by atoms with van der Waals surface area (Å²) >= 11 is 0. The second-order valence-corrected chi connectivity index (χ2v) is 12.2. The molecule has 0 spiro atoms. The van der Waals surface area contributed by atoms with Crippen LogP contribution in [0.3, 0.4) is 0 Å². The second-order valence-electron chi connectivity index (χ2n) is 12.2. The first-order valence-corrected chi connectivity index (χ1v) is 15.6. The fraction of sp³-hybridized carbons (Fsp3) is 0.400. The smallest absolute Gasteiger partial charge is 0.251 e. The van der Waals surface area contributed by atoms with Gasteiger partial charge in [0.25, 0.3) is 11.8 Å². The van der Waals surface area contributed by atoms with Gasteiger partial charge >= 0.3 is 0 Å². The van der Waals surface area contributed by atoms with Crippen molar-refractivity contribution in [3.05, 3.63) is 82.2 Å². The molecule has 8 heteroatoms. The topological polar surface area (TPSA) is 81.4 Å². The third-order valence-electron chi connectivity index (χ3n) is 9.42. The molecule has 0 unspecified atom stereocenters. The van der Waals surface area contributed by atoms with Crippen LogP contribution >= 0.6 is 0 Å². The largest absolute Gasteiger partial charge is 0.378 e. The number of morpholine rings is 1. The fourth-order valence-electron chi connectivity index (χ4n) is 7.11. The summed E-state index contributed by atoms with van der Waals surface area (Å²) in [5.74, 6) is 0.379. The summed E-state index contributed by atoms with van der Waals surface area (Å²) in [6.45, 7) is 5.16. The normalized spacial score (nSPS) is 17.3. The summed E-state index contributed by atoms with van der Waals surface area (Å²) < 4.78 is 9.66. The van der Waals surface area contributed by atoms with Crippen LogP contribution in [0.2, 0.25) is 0 Å². The highest BCUT2D eigenvalue weighted by Crippen LogP contribution is 2.46. The maximum absolute atomic E-state index is 13.9. The number of amides is 2. The molecule has 43 heavy (non-hydrogen) atoms. The first kappa shape index (κ1) is 27.7. The molecule has 0 atom stereocenters. The number of carbonyl (C=O) groups excluding carboxylic acids is 2. The van der Waals surface area contributed by atoms with E-state index >= 15 is 0 Å². The molecule has 0 radical (unpaired) electrons. The Morgan fingerprint density at radius 1 is 1.02 bits per heavy atom. The SMILES string of the molecule is Cc1cc(CNC(=O)c2ccc3c(C4CCCCC4)c4n(c3c2)CC(C(=O)N2CCOCC2)=Cc2ccccc2-4)nn1C. The number of ether oxygens (including phenoxy) is 1. The van der Waals surface area contributed by atoms with Crippen molar-refractivity contribution in [1.29, 1.82) is 0 Å². The minimum Gasteiger partial charge on any atom is -0.378 e. The summed E-state index contributed by atoms with van der Waals surface area (Å²) in [6, 6.07) is 16.6. The molecule has 1 N–H and O–H groups in total. The van der Waals surface area contributed by atoms with Crippen LogP contribution in [0.4, 0.5) is 0 Å². The van der Waals surface area contributed by atoms with E-state index in [0.717, 1.165) is 46.4 Å². The number of rotatable bonds is 5. The van der Waals surface area contributed by atoms with Crippen molar-refractivity contribution in [2.24, 2.45) is 7.05 Å². The van der Waals surface area contributed by atoms with E-state index in [0.29, 0.717) is 50.9 Å². The van der Waals surface area contributed by atoms with E-state index in [1.807, 2.05) is 41.8 Å². The molecule has 7 rings (SSSR count). The first-order valence-electron chi connectivity index (χ1n) is 15.6. The standard InChI is InChI=1S/C35H39N5O3/c1-23-18-28(37-38(23)2)21-36-34(41)26-12-13-30-31(20-26)40-22-27(35(42)39-14-16-43-17-15-39)19-25-10-6-7-11-29(25)33(40)32(30)24-8-4-3-5-9-24/h6-7,10-13,18-20,24H,3-5,8-9,14-17,21-22H2,1-2H3,(H,36,41). The summed E-state index contributed by atoms with van der Waals surface area (Å²) in [5, 5.41) is 8.73. The number of benzene rings is 2. The Kier molecular flexibility index (Phi) is 7.39. The molecule has 222 valence electrons. The molecule has 3 aliphatic rings. The van der Waals surface area contributed by atoms with Crippen molar-refractivity contribution >= 4 is 28.8 Å². The van der Waals surface area contributed by atoms with Crippen LogP contribution in [0.15, 0.2) is 54.1 Å². The Morgan fingerprint density at radius 3 is 2.58 bits per heavy atom. The highest BCUT2D eigenvalue weighted by molar-refractivity contribution is 6.04. The zero-order valence-corrected chi connectivity index (χ0v) is 25.1. The third kappa shape index (κ3) is 5.18. The van der Waals surface area contributed by atoms with E-state index in [1.165, 1.54) is 35.9 Å². The third-order valence-corrected chi connectivity index (χ3v) is 9.42. The minimum absolute atomic E-state index is 0.0616. The number of aromatic nitrogens is 3. The summed E-state index contributed by atoms with van der Waals surface area (Å²) in [6.07, 6.45) is 8.14. The molecule has 2 fully saturated rings. The van der Waals surface area contributed by atoms with Gasteiger partial charge in [-0.25, -0.2) is 0 Å². The Hall–Kier alpha value is -4.17. The molecule has 4 heterocycles. The molecule has 1 saturated carbocycles. The molecule has 2 amide bonds. The quantitative estimate of drug-likeness (QED) is 0.336. The number of aryl methyl sites for hydroxylation is 2. The maximum atomic E-state index is 13.9. The van der Waals surface area contributed by atoms with Crippen LogP contribution in [0, 0.1) is 6.92 Å². The predicted molar refractivity (Wildman–Crippen MR) is 168 cm³/mol. The van der Waals surface area contributed by atoms with E-state index in [9.17, 15) is 9.59 Å². The van der Waals surface area contributed by atoms with E-state index in [1.54, 1.807) is 0 Å². The van der Waals surface area contributed by atoms with E-state index in [4.69, 9.17) is 4.74 Å². The lowest BCUT2D eigenvalue weighted by Crippen LogP contribution is -2.41. The van der Waals surface area contributed by atoms with E-state index < -0.39 is 0 Å². The summed E-state index contributed by atoms with van der Waals surface area (Å²) in [4.78, 5) is 29.3. The minimum atomic E-state index is -0.130. The number of hydrogen-bond acceptors (Lipinski definition) is 4. The zero-order valence-electron chi connectivity index (χ0n) is 25.1. The number of nitrogens with zero attached hydrogens (tertiary/aromatic N) is 4. The molecule has 2 aromatic carbocycles. The van der Waals surface area contributed by atoms with Gasteiger partial charge in [0.1, 0.15) is 0 Å². The van der Waals surface area contributed by atoms with Gasteiger partial charge in [-0.15, -0.1) is 0 Å². The summed E-state index contributed by atoms with van der Waals surface area (Å²) in [7, 11) is 1.90. The number of carbonyl (C=O) groups is 2. The van der Waals surface area contributed by atoms with Crippen molar-refractivity contribution in [3.63, 3.8) is 0 Å². The fourth-order valence-corrected chi connectivity index (χ4v) is 7.11. The predicted octanol–water partition coefficient (Wildman–Crippen LogP) is 5.58. The van der Waals surface area contributed by atoms with Gasteiger partial charge in [0, 0.05) is 53.4 Å². The van der Waals surface area contributed by atoms with Gasteiger partial charge in [-0.2, -0.15) is 5.10 Å².